The SMILES string of the molecule is Cc1cc(-c2cc(C(C)C)c3n(cc4[n+]3C3(C)C(=O)N(c5cnc[nH]5)CCN3C4=O)n2)ccc1F. The average Bonchev–Trinajstić information content (AvgIpc) is 3.53. The fourth-order valence-electron chi connectivity index (χ4n) is 5.28. The smallest absolute Gasteiger partial charge is 0.313 e. The Bertz CT molecular complexity index is 1520. The summed E-state index contributed by atoms with van der Waals surface area (Å²) in [7, 11) is 0. The molecule has 35 heavy (non-hydrogen) atoms. The molecule has 4 aromatic rings. The lowest BCUT2D eigenvalue weighted by atomic mass is 10.0. The molecule has 0 spiro atoms. The summed E-state index contributed by atoms with van der Waals surface area (Å²) in [5.74, 6) is -0.0270. The molecule has 1 saturated heterocycles. The summed E-state index contributed by atoms with van der Waals surface area (Å²) >= 11 is 0. The monoisotopic (exact) mass is 474 g/mol. The number of nitrogens with one attached hydrogen (secondary N) is 1. The van der Waals surface area contributed by atoms with Crippen LogP contribution in [0.4, 0.5) is 10.2 Å². The summed E-state index contributed by atoms with van der Waals surface area (Å²) in [5, 5.41) is 4.78. The molecule has 1 N–H and O–H groups in total. The summed E-state index contributed by atoms with van der Waals surface area (Å²) in [5.41, 5.74) is 2.77. The Labute approximate surface area is 200 Å². The number of carbonyl (C=O) groups is 2. The van der Waals surface area contributed by atoms with Crippen LogP contribution >= 0.6 is 0 Å². The van der Waals surface area contributed by atoms with Gasteiger partial charge in [-0.15, -0.1) is 0 Å². The van der Waals surface area contributed by atoms with Gasteiger partial charge in [0.1, 0.15) is 17.3 Å². The van der Waals surface area contributed by atoms with Crippen molar-refractivity contribution in [2.24, 2.45) is 0 Å². The average molecular weight is 475 g/mol. The number of aromatic nitrogens is 5. The van der Waals surface area contributed by atoms with E-state index < -0.39 is 5.66 Å². The summed E-state index contributed by atoms with van der Waals surface area (Å²) < 4.78 is 17.4. The summed E-state index contributed by atoms with van der Waals surface area (Å²) in [6.07, 6.45) is 4.83. The van der Waals surface area contributed by atoms with E-state index in [0.29, 0.717) is 41.5 Å². The Hall–Kier alpha value is -4.08. The molecule has 10 heteroatoms. The molecule has 2 aliphatic heterocycles. The highest BCUT2D eigenvalue weighted by molar-refractivity contribution is 6.04. The summed E-state index contributed by atoms with van der Waals surface area (Å²) in [4.78, 5) is 37.7. The van der Waals surface area contributed by atoms with Crippen molar-refractivity contribution in [3.8, 4) is 11.3 Å². The Balaban J connectivity index is 1.58. The number of anilines is 1. The highest BCUT2D eigenvalue weighted by Gasteiger charge is 2.62. The number of piperazine rings is 1. The van der Waals surface area contributed by atoms with Crippen LogP contribution in [-0.4, -0.2) is 49.4 Å². The van der Waals surface area contributed by atoms with E-state index in [1.165, 1.54) is 12.4 Å². The molecule has 3 aromatic heterocycles. The number of aromatic amines is 1. The third kappa shape index (κ3) is 2.82. The van der Waals surface area contributed by atoms with Crippen molar-refractivity contribution in [1.82, 2.24) is 24.5 Å². The number of halogens is 1. The predicted molar refractivity (Wildman–Crippen MR) is 125 cm³/mol. The van der Waals surface area contributed by atoms with Crippen LogP contribution < -0.4 is 9.47 Å². The standard InChI is InChI=1S/C25H25FN7O2/c1-14(2)17-10-19(16-5-6-18(26)15(3)9-16)29-32-12-20-23(34)31-8-7-30(21-11-27-13-28-21)24(35)25(31,4)33(20)22(17)32/h5-6,9-14H,7-8H2,1-4H3,(H,27,28)/q+1. The minimum absolute atomic E-state index is 0.0717. The van der Waals surface area contributed by atoms with Crippen molar-refractivity contribution in [2.75, 3.05) is 18.0 Å². The first-order chi connectivity index (χ1) is 16.7. The van der Waals surface area contributed by atoms with E-state index in [-0.39, 0.29) is 23.5 Å². The molecule has 0 radical (unpaired) electrons. The van der Waals surface area contributed by atoms with Crippen LogP contribution in [0.3, 0.4) is 0 Å². The van der Waals surface area contributed by atoms with Gasteiger partial charge in [-0.05, 0) is 42.7 Å². The Morgan fingerprint density at radius 3 is 2.69 bits per heavy atom. The molecule has 1 atom stereocenters. The number of aryl methyl sites for hydroxylation is 1. The molecular weight excluding hydrogens is 449 g/mol. The first kappa shape index (κ1) is 21.5. The normalized spacial score (nSPS) is 19.7. The Morgan fingerprint density at radius 1 is 1.20 bits per heavy atom. The molecule has 1 unspecified atom stereocenters. The fourth-order valence-corrected chi connectivity index (χ4v) is 5.28. The lowest BCUT2D eigenvalue weighted by molar-refractivity contribution is -0.731. The number of benzene rings is 1. The van der Waals surface area contributed by atoms with Gasteiger partial charge in [0.05, 0.1) is 12.5 Å². The van der Waals surface area contributed by atoms with E-state index in [2.05, 4.69) is 23.8 Å². The number of amides is 2. The van der Waals surface area contributed by atoms with Gasteiger partial charge in [-0.1, -0.05) is 23.5 Å². The zero-order valence-corrected chi connectivity index (χ0v) is 19.9. The molecule has 1 fully saturated rings. The number of hydrogen-bond acceptors (Lipinski definition) is 4. The molecule has 0 aliphatic carbocycles. The van der Waals surface area contributed by atoms with Gasteiger partial charge in [-0.25, -0.2) is 9.37 Å². The highest BCUT2D eigenvalue weighted by atomic mass is 19.1. The van der Waals surface area contributed by atoms with Gasteiger partial charge in [0, 0.05) is 31.1 Å². The number of carbonyl (C=O) groups excluding carboxylic acids is 2. The van der Waals surface area contributed by atoms with Crippen molar-refractivity contribution in [2.45, 2.75) is 39.3 Å². The second-order valence-electron chi connectivity index (χ2n) is 9.59. The predicted octanol–water partition coefficient (Wildman–Crippen LogP) is 2.76. The number of nitrogens with zero attached hydrogens (tertiary/aromatic N) is 6. The van der Waals surface area contributed by atoms with Crippen LogP contribution in [0.2, 0.25) is 0 Å². The van der Waals surface area contributed by atoms with Gasteiger partial charge < -0.3 is 4.98 Å². The molecule has 1 aromatic carbocycles. The lowest BCUT2D eigenvalue weighted by Crippen LogP contribution is -2.72. The van der Waals surface area contributed by atoms with Gasteiger partial charge >= 0.3 is 11.6 Å². The maximum absolute atomic E-state index is 13.9. The molecular formula is C25H25FN7O2+. The van der Waals surface area contributed by atoms with Gasteiger partial charge in [0.25, 0.3) is 11.6 Å². The van der Waals surface area contributed by atoms with Crippen molar-refractivity contribution >= 4 is 23.3 Å². The maximum atomic E-state index is 13.9. The maximum Gasteiger partial charge on any atom is 0.313 e. The highest BCUT2D eigenvalue weighted by Crippen LogP contribution is 2.35. The largest absolute Gasteiger partial charge is 0.331 e. The molecule has 2 amide bonds. The van der Waals surface area contributed by atoms with Crippen molar-refractivity contribution in [1.29, 1.82) is 0 Å². The van der Waals surface area contributed by atoms with E-state index in [4.69, 9.17) is 5.10 Å². The fraction of sp³-hybridized carbons (Fsp3) is 0.320. The number of rotatable bonds is 3. The zero-order valence-electron chi connectivity index (χ0n) is 19.9. The first-order valence-corrected chi connectivity index (χ1v) is 11.6. The van der Waals surface area contributed by atoms with Crippen LogP contribution in [0, 0.1) is 12.7 Å². The molecule has 5 heterocycles. The number of hydrogen-bond donors (Lipinski definition) is 1. The molecule has 0 saturated carbocycles. The van der Waals surface area contributed by atoms with Crippen molar-refractivity contribution in [3.63, 3.8) is 0 Å². The molecule has 6 rings (SSSR count). The second kappa shape index (κ2) is 7.21. The summed E-state index contributed by atoms with van der Waals surface area (Å²) in [6.45, 7) is 8.40. The third-order valence-electron chi connectivity index (χ3n) is 7.15. The van der Waals surface area contributed by atoms with Crippen LogP contribution in [0.25, 0.3) is 16.9 Å². The van der Waals surface area contributed by atoms with Crippen molar-refractivity contribution < 1.29 is 18.5 Å². The van der Waals surface area contributed by atoms with Gasteiger partial charge in [-0.3, -0.25) is 19.4 Å². The van der Waals surface area contributed by atoms with E-state index in [0.717, 1.165) is 11.1 Å². The van der Waals surface area contributed by atoms with Crippen LogP contribution in [0.15, 0.2) is 43.0 Å². The molecule has 9 nitrogen and oxygen atoms in total. The Kier molecular flexibility index (Phi) is 4.42. The van der Waals surface area contributed by atoms with E-state index in [1.54, 1.807) is 52.7 Å². The zero-order chi connectivity index (χ0) is 24.6. The summed E-state index contributed by atoms with van der Waals surface area (Å²) in [6, 6.07) is 6.87. The minimum Gasteiger partial charge on any atom is -0.331 e. The minimum atomic E-state index is -1.25. The third-order valence-corrected chi connectivity index (χ3v) is 7.15. The van der Waals surface area contributed by atoms with E-state index >= 15 is 0 Å². The topological polar surface area (TPSA) is 90.5 Å². The molecule has 178 valence electrons. The first-order valence-electron chi connectivity index (χ1n) is 11.6. The van der Waals surface area contributed by atoms with Crippen molar-refractivity contribution in [3.05, 3.63) is 65.6 Å². The van der Waals surface area contributed by atoms with Gasteiger partial charge in [0.2, 0.25) is 5.69 Å². The van der Waals surface area contributed by atoms with Gasteiger partial charge in [-0.2, -0.15) is 4.57 Å². The van der Waals surface area contributed by atoms with Gasteiger partial charge in [0.15, 0.2) is 6.20 Å². The van der Waals surface area contributed by atoms with E-state index in [1.807, 2.05) is 10.6 Å². The van der Waals surface area contributed by atoms with Crippen LogP contribution in [0.1, 0.15) is 48.3 Å². The van der Waals surface area contributed by atoms with Crippen LogP contribution in [-0.2, 0) is 10.5 Å². The van der Waals surface area contributed by atoms with Crippen LogP contribution in [0.5, 0.6) is 0 Å². The Morgan fingerprint density at radius 2 is 2.00 bits per heavy atom. The number of imidazole rings is 2. The quantitative estimate of drug-likeness (QED) is 0.463. The second-order valence-corrected chi connectivity index (χ2v) is 9.59. The number of H-pyrrole nitrogens is 1. The molecule has 0 bridgehead atoms. The lowest BCUT2D eigenvalue weighted by Gasteiger charge is -2.40. The van der Waals surface area contributed by atoms with E-state index in [9.17, 15) is 14.0 Å². The number of fused-ring (bicyclic) bond motifs is 5. The molecule has 2 aliphatic rings.